The monoisotopic (exact) mass is 272 g/mol. The van der Waals surface area contributed by atoms with Gasteiger partial charge in [0.1, 0.15) is 0 Å². The minimum atomic E-state index is -5.00. The van der Waals surface area contributed by atoms with Crippen molar-refractivity contribution in [2.45, 2.75) is 11.9 Å². The van der Waals surface area contributed by atoms with Gasteiger partial charge in [-0.1, -0.05) is 9.95 Å². The summed E-state index contributed by atoms with van der Waals surface area (Å²) in [5.74, 6) is -1.09. The van der Waals surface area contributed by atoms with Crippen LogP contribution >= 0.6 is 0 Å². The Labute approximate surface area is 102 Å². The lowest BCUT2D eigenvalue weighted by molar-refractivity contribution is 0.0511. The van der Waals surface area contributed by atoms with Crippen LogP contribution in [0.25, 0.3) is 5.52 Å². The maximum absolute atomic E-state index is 13.1. The molecule has 0 radical (unpaired) electrons. The Hall–Kier alpha value is -1.96. The SMILES string of the molecule is CCOC(=O)c1nc(S(=O)(=O)F)c2ccccn12. The third kappa shape index (κ3) is 2.06. The molecule has 8 heteroatoms. The van der Waals surface area contributed by atoms with Gasteiger partial charge in [0.05, 0.1) is 12.1 Å². The number of halogens is 1. The standard InChI is InChI=1S/C10H9FN2O4S/c1-2-17-10(14)8-12-9(18(11,15)16)7-5-3-4-6-13(7)8/h3-6H,2H2,1H3. The first-order chi connectivity index (χ1) is 8.45. The van der Waals surface area contributed by atoms with Crippen LogP contribution in [0.15, 0.2) is 29.4 Å². The summed E-state index contributed by atoms with van der Waals surface area (Å²) in [6, 6.07) is 4.43. The van der Waals surface area contributed by atoms with E-state index in [0.717, 1.165) is 0 Å². The van der Waals surface area contributed by atoms with Crippen LogP contribution in [0.2, 0.25) is 0 Å². The second-order valence-electron chi connectivity index (χ2n) is 3.35. The van der Waals surface area contributed by atoms with E-state index in [9.17, 15) is 17.1 Å². The van der Waals surface area contributed by atoms with Gasteiger partial charge >= 0.3 is 16.2 Å². The van der Waals surface area contributed by atoms with E-state index in [1.807, 2.05) is 0 Å². The van der Waals surface area contributed by atoms with Crippen LogP contribution in [-0.2, 0) is 15.0 Å². The molecule has 0 aliphatic heterocycles. The lowest BCUT2D eigenvalue weighted by Gasteiger charge is -1.99. The average molecular weight is 272 g/mol. The Kier molecular flexibility index (Phi) is 3.04. The molecule has 0 aromatic carbocycles. The van der Waals surface area contributed by atoms with Crippen molar-refractivity contribution in [2.75, 3.05) is 6.61 Å². The van der Waals surface area contributed by atoms with E-state index in [4.69, 9.17) is 4.74 Å². The Morgan fingerprint density at radius 2 is 2.22 bits per heavy atom. The molecule has 6 nitrogen and oxygen atoms in total. The second-order valence-corrected chi connectivity index (χ2v) is 4.62. The van der Waals surface area contributed by atoms with E-state index in [-0.39, 0.29) is 17.9 Å². The number of carbonyl (C=O) groups excluding carboxylic acids is 1. The largest absolute Gasteiger partial charge is 0.460 e. The van der Waals surface area contributed by atoms with Gasteiger partial charge in [-0.15, -0.1) is 0 Å². The quantitative estimate of drug-likeness (QED) is 0.619. The smallest absolute Gasteiger partial charge is 0.374 e. The summed E-state index contributed by atoms with van der Waals surface area (Å²) in [7, 11) is -5.00. The molecule has 0 fully saturated rings. The fourth-order valence-electron chi connectivity index (χ4n) is 1.53. The van der Waals surface area contributed by atoms with E-state index in [0.29, 0.717) is 0 Å². The molecule has 0 atom stereocenters. The van der Waals surface area contributed by atoms with E-state index in [1.165, 1.54) is 22.7 Å². The first kappa shape index (κ1) is 12.5. The molecular formula is C10H9FN2O4S. The number of esters is 1. The third-order valence-electron chi connectivity index (χ3n) is 2.20. The fraction of sp³-hybridized carbons (Fsp3) is 0.200. The number of hydrogen-bond donors (Lipinski definition) is 0. The average Bonchev–Trinajstić information content (AvgIpc) is 2.68. The Bertz CT molecular complexity index is 708. The summed E-state index contributed by atoms with van der Waals surface area (Å²) in [6.07, 6.45) is 1.41. The molecule has 0 aliphatic rings. The van der Waals surface area contributed by atoms with Crippen LogP contribution < -0.4 is 0 Å². The predicted molar refractivity (Wildman–Crippen MR) is 59.4 cm³/mol. The molecule has 2 rings (SSSR count). The Morgan fingerprint density at radius 1 is 1.50 bits per heavy atom. The molecule has 2 aromatic rings. The molecule has 18 heavy (non-hydrogen) atoms. The van der Waals surface area contributed by atoms with Crippen LogP contribution in [0.4, 0.5) is 3.89 Å². The lowest BCUT2D eigenvalue weighted by atomic mass is 10.4. The van der Waals surface area contributed by atoms with Gasteiger partial charge in [0, 0.05) is 6.20 Å². The number of ether oxygens (including phenoxy) is 1. The number of nitrogens with zero attached hydrogens (tertiary/aromatic N) is 2. The van der Waals surface area contributed by atoms with Crippen molar-refractivity contribution in [3.63, 3.8) is 0 Å². The van der Waals surface area contributed by atoms with Crippen molar-refractivity contribution in [1.29, 1.82) is 0 Å². The molecule has 0 bridgehead atoms. The van der Waals surface area contributed by atoms with Crippen LogP contribution in [0.3, 0.4) is 0 Å². The minimum absolute atomic E-state index is 0.0111. The van der Waals surface area contributed by atoms with Crippen molar-refractivity contribution in [3.8, 4) is 0 Å². The van der Waals surface area contributed by atoms with E-state index >= 15 is 0 Å². The number of pyridine rings is 1. The minimum Gasteiger partial charge on any atom is -0.460 e. The fourth-order valence-corrected chi connectivity index (χ4v) is 2.14. The van der Waals surface area contributed by atoms with Gasteiger partial charge in [-0.2, -0.15) is 8.42 Å². The number of fused-ring (bicyclic) bond motifs is 1. The molecular weight excluding hydrogens is 263 g/mol. The molecule has 0 saturated carbocycles. The third-order valence-corrected chi connectivity index (χ3v) is 2.97. The summed E-state index contributed by atoms with van der Waals surface area (Å²) in [5.41, 5.74) is -0.0111. The number of hydrogen-bond acceptors (Lipinski definition) is 5. The molecule has 96 valence electrons. The van der Waals surface area contributed by atoms with Crippen molar-refractivity contribution < 1.29 is 21.8 Å². The van der Waals surface area contributed by atoms with Gasteiger partial charge in [0.25, 0.3) is 0 Å². The summed E-state index contributed by atoms with van der Waals surface area (Å²) >= 11 is 0. The van der Waals surface area contributed by atoms with Crippen LogP contribution in [0.1, 0.15) is 17.5 Å². The van der Waals surface area contributed by atoms with Crippen molar-refractivity contribution >= 4 is 21.7 Å². The zero-order chi connectivity index (χ0) is 13.3. The molecule has 0 amide bonds. The van der Waals surface area contributed by atoms with Crippen LogP contribution in [0, 0.1) is 0 Å². The number of rotatable bonds is 3. The molecule has 2 heterocycles. The van der Waals surface area contributed by atoms with E-state index in [2.05, 4.69) is 4.98 Å². The highest BCUT2D eigenvalue weighted by Gasteiger charge is 2.25. The highest BCUT2D eigenvalue weighted by molar-refractivity contribution is 7.86. The molecule has 0 N–H and O–H groups in total. The first-order valence-electron chi connectivity index (χ1n) is 5.04. The highest BCUT2D eigenvalue weighted by atomic mass is 32.3. The Balaban J connectivity index is 2.73. The number of carbonyl (C=O) groups is 1. The van der Waals surface area contributed by atoms with Crippen LogP contribution in [0.5, 0.6) is 0 Å². The summed E-state index contributed by atoms with van der Waals surface area (Å²) < 4.78 is 40.8. The summed E-state index contributed by atoms with van der Waals surface area (Å²) in [5, 5.41) is -0.786. The summed E-state index contributed by atoms with van der Waals surface area (Å²) in [4.78, 5) is 15.1. The number of imidazole rings is 1. The zero-order valence-electron chi connectivity index (χ0n) is 9.33. The normalized spacial score (nSPS) is 11.7. The lowest BCUT2D eigenvalue weighted by Crippen LogP contribution is -2.09. The van der Waals surface area contributed by atoms with Gasteiger partial charge in [0.15, 0.2) is 0 Å². The molecule has 0 unspecified atom stereocenters. The van der Waals surface area contributed by atoms with Crippen molar-refractivity contribution in [2.24, 2.45) is 0 Å². The molecule has 0 spiro atoms. The maximum Gasteiger partial charge on any atom is 0.374 e. The van der Waals surface area contributed by atoms with Gasteiger partial charge in [-0.05, 0) is 19.1 Å². The van der Waals surface area contributed by atoms with Gasteiger partial charge < -0.3 is 4.74 Å². The molecule has 2 aromatic heterocycles. The highest BCUT2D eigenvalue weighted by Crippen LogP contribution is 2.20. The van der Waals surface area contributed by atoms with Gasteiger partial charge in [0.2, 0.25) is 10.9 Å². The Morgan fingerprint density at radius 3 is 2.83 bits per heavy atom. The van der Waals surface area contributed by atoms with E-state index in [1.54, 1.807) is 13.0 Å². The maximum atomic E-state index is 13.1. The predicted octanol–water partition coefficient (Wildman–Crippen LogP) is 1.17. The van der Waals surface area contributed by atoms with E-state index < -0.39 is 21.2 Å². The van der Waals surface area contributed by atoms with Gasteiger partial charge in [-0.25, -0.2) is 9.78 Å². The van der Waals surface area contributed by atoms with Crippen molar-refractivity contribution in [3.05, 3.63) is 30.2 Å². The second kappa shape index (κ2) is 4.37. The topological polar surface area (TPSA) is 77.7 Å². The van der Waals surface area contributed by atoms with Crippen molar-refractivity contribution in [1.82, 2.24) is 9.38 Å². The summed E-state index contributed by atoms with van der Waals surface area (Å²) in [6.45, 7) is 1.71. The molecule has 0 saturated heterocycles. The first-order valence-corrected chi connectivity index (χ1v) is 6.42. The van der Waals surface area contributed by atoms with Gasteiger partial charge in [-0.3, -0.25) is 4.40 Å². The number of aromatic nitrogens is 2. The molecule has 0 aliphatic carbocycles. The zero-order valence-corrected chi connectivity index (χ0v) is 10.1. The van der Waals surface area contributed by atoms with Crippen LogP contribution in [-0.4, -0.2) is 30.4 Å².